The summed E-state index contributed by atoms with van der Waals surface area (Å²) in [6.45, 7) is 7.71. The van der Waals surface area contributed by atoms with E-state index in [2.05, 4.69) is 4.98 Å². The molecule has 170 valence electrons. The van der Waals surface area contributed by atoms with E-state index >= 15 is 0 Å². The lowest BCUT2D eigenvalue weighted by atomic mass is 9.76. The summed E-state index contributed by atoms with van der Waals surface area (Å²) in [4.78, 5) is 9.00. The highest BCUT2D eigenvalue weighted by atomic mass is 19.2. The maximum absolute atomic E-state index is 14.1. The molecule has 4 rings (SSSR count). The van der Waals surface area contributed by atoms with Crippen LogP contribution in [0.3, 0.4) is 0 Å². The Bertz CT molecular complexity index is 1140. The third kappa shape index (κ3) is 4.12. The number of pyridine rings is 1. The average molecular weight is 443 g/mol. The van der Waals surface area contributed by atoms with Gasteiger partial charge in [-0.2, -0.15) is 0 Å². The lowest BCUT2D eigenvalue weighted by Gasteiger charge is -2.49. The molecule has 3 aromatic rings. The van der Waals surface area contributed by atoms with Crippen molar-refractivity contribution >= 4 is 0 Å². The minimum atomic E-state index is -1.29. The molecule has 2 aromatic heterocycles. The summed E-state index contributed by atoms with van der Waals surface area (Å²) in [6.07, 6.45) is 3.89. The molecule has 0 spiro atoms. The number of ether oxygens (including phenoxy) is 2. The quantitative estimate of drug-likeness (QED) is 0.629. The molecule has 0 atom stereocenters. The van der Waals surface area contributed by atoms with E-state index in [-0.39, 0.29) is 0 Å². The Hall–Kier alpha value is -2.84. The summed E-state index contributed by atoms with van der Waals surface area (Å²) in [7, 11) is 1.49. The number of aliphatic hydroxyl groups is 1. The standard InChI is InChI=1S/C24H27F2N3O3/c1-22(2)13-24(30,14-23(3,4)32-22)19-12-29(15-8-9-17(25)18(26)11-15)20(28-19)16-7-6-10-27-21(16)31-5/h6-12,30H,13-14H2,1-5H3. The van der Waals surface area contributed by atoms with E-state index in [4.69, 9.17) is 14.5 Å². The number of halogens is 2. The Morgan fingerprint density at radius 2 is 1.75 bits per heavy atom. The molecule has 8 heteroatoms. The second-order valence-corrected chi connectivity index (χ2v) is 9.48. The fraction of sp³-hybridized carbons (Fsp3) is 0.417. The van der Waals surface area contributed by atoms with Crippen molar-refractivity contribution in [3.05, 3.63) is 60.1 Å². The normalized spacial score (nSPS) is 19.0. The van der Waals surface area contributed by atoms with Crippen molar-refractivity contribution in [2.45, 2.75) is 57.3 Å². The lowest BCUT2D eigenvalue weighted by molar-refractivity contribution is -0.224. The summed E-state index contributed by atoms with van der Waals surface area (Å²) in [5.41, 5.74) is -1.15. The molecule has 1 aromatic carbocycles. The lowest BCUT2D eigenvalue weighted by Crippen LogP contribution is -2.52. The van der Waals surface area contributed by atoms with Crippen LogP contribution in [0.5, 0.6) is 5.88 Å². The van der Waals surface area contributed by atoms with Gasteiger partial charge < -0.3 is 14.6 Å². The van der Waals surface area contributed by atoms with Crippen LogP contribution in [0.4, 0.5) is 8.78 Å². The molecule has 0 radical (unpaired) electrons. The third-order valence-corrected chi connectivity index (χ3v) is 5.56. The smallest absolute Gasteiger partial charge is 0.224 e. The highest BCUT2D eigenvalue weighted by molar-refractivity contribution is 5.65. The van der Waals surface area contributed by atoms with E-state index in [0.717, 1.165) is 12.1 Å². The SMILES string of the molecule is COc1ncccc1-c1nc(C2(O)CC(C)(C)OC(C)(C)C2)cn1-c1ccc(F)c(F)c1. The zero-order valence-corrected chi connectivity index (χ0v) is 18.8. The molecule has 6 nitrogen and oxygen atoms in total. The van der Waals surface area contributed by atoms with Crippen molar-refractivity contribution in [3.63, 3.8) is 0 Å². The first kappa shape index (κ1) is 22.4. The van der Waals surface area contributed by atoms with Crippen LogP contribution in [0, 0.1) is 11.6 Å². The average Bonchev–Trinajstić information content (AvgIpc) is 3.13. The minimum absolute atomic E-state index is 0.321. The topological polar surface area (TPSA) is 69.4 Å². The van der Waals surface area contributed by atoms with Gasteiger partial charge in [0.15, 0.2) is 11.6 Å². The number of imidazole rings is 1. The molecule has 1 aliphatic rings. The molecule has 1 saturated heterocycles. The van der Waals surface area contributed by atoms with Crippen molar-refractivity contribution in [1.82, 2.24) is 14.5 Å². The zero-order chi connectivity index (χ0) is 23.3. The van der Waals surface area contributed by atoms with Crippen molar-refractivity contribution in [2.75, 3.05) is 7.11 Å². The fourth-order valence-corrected chi connectivity index (χ4v) is 4.82. The number of benzene rings is 1. The van der Waals surface area contributed by atoms with Gasteiger partial charge in [-0.3, -0.25) is 4.57 Å². The van der Waals surface area contributed by atoms with Crippen LogP contribution in [-0.4, -0.2) is 38.0 Å². The molecule has 0 aliphatic carbocycles. The first-order valence-electron chi connectivity index (χ1n) is 10.4. The summed E-state index contributed by atoms with van der Waals surface area (Å²) in [5.74, 6) is -1.20. The van der Waals surface area contributed by atoms with Gasteiger partial charge in [0.05, 0.1) is 35.3 Å². The molecule has 32 heavy (non-hydrogen) atoms. The molecule has 3 heterocycles. The van der Waals surface area contributed by atoms with Gasteiger partial charge in [0.2, 0.25) is 5.88 Å². The highest BCUT2D eigenvalue weighted by Gasteiger charge is 2.49. The monoisotopic (exact) mass is 443 g/mol. The van der Waals surface area contributed by atoms with Gasteiger partial charge >= 0.3 is 0 Å². The van der Waals surface area contributed by atoms with Crippen molar-refractivity contribution in [2.24, 2.45) is 0 Å². The van der Waals surface area contributed by atoms with Crippen molar-refractivity contribution in [3.8, 4) is 23.0 Å². The largest absolute Gasteiger partial charge is 0.480 e. The minimum Gasteiger partial charge on any atom is -0.480 e. The van der Waals surface area contributed by atoms with Crippen molar-refractivity contribution in [1.29, 1.82) is 0 Å². The summed E-state index contributed by atoms with van der Waals surface area (Å²) in [6, 6.07) is 7.12. The number of aromatic nitrogens is 3. The number of methoxy groups -OCH3 is 1. The van der Waals surface area contributed by atoms with E-state index in [1.807, 2.05) is 27.7 Å². The summed E-state index contributed by atoms with van der Waals surface area (Å²) in [5, 5.41) is 11.7. The van der Waals surface area contributed by atoms with Crippen LogP contribution in [-0.2, 0) is 10.3 Å². The van der Waals surface area contributed by atoms with Crippen LogP contribution in [0.25, 0.3) is 17.1 Å². The second kappa shape index (κ2) is 7.64. The van der Waals surface area contributed by atoms with Gasteiger partial charge in [-0.25, -0.2) is 18.7 Å². The van der Waals surface area contributed by atoms with E-state index in [0.29, 0.717) is 41.5 Å². The van der Waals surface area contributed by atoms with Crippen LogP contribution < -0.4 is 4.74 Å². The molecule has 1 N–H and O–H groups in total. The Balaban J connectivity index is 1.93. The van der Waals surface area contributed by atoms with E-state index < -0.39 is 28.4 Å². The van der Waals surface area contributed by atoms with Gasteiger partial charge in [-0.05, 0) is 52.0 Å². The molecule has 0 bridgehead atoms. The van der Waals surface area contributed by atoms with Gasteiger partial charge in [-0.1, -0.05) is 0 Å². The van der Waals surface area contributed by atoms with Crippen molar-refractivity contribution < 1.29 is 23.4 Å². The maximum atomic E-state index is 14.1. The first-order chi connectivity index (χ1) is 14.9. The Morgan fingerprint density at radius 3 is 2.38 bits per heavy atom. The number of hydrogen-bond acceptors (Lipinski definition) is 5. The van der Waals surface area contributed by atoms with E-state index in [1.54, 1.807) is 29.1 Å². The second-order valence-electron chi connectivity index (χ2n) is 9.48. The fourth-order valence-electron chi connectivity index (χ4n) is 4.82. The molecular weight excluding hydrogens is 416 g/mol. The zero-order valence-electron chi connectivity index (χ0n) is 18.8. The van der Waals surface area contributed by atoms with Crippen LogP contribution in [0.2, 0.25) is 0 Å². The number of hydrogen-bond donors (Lipinski definition) is 1. The van der Waals surface area contributed by atoms with Crippen LogP contribution in [0.1, 0.15) is 46.2 Å². The van der Waals surface area contributed by atoms with Gasteiger partial charge in [-0.15, -0.1) is 0 Å². The third-order valence-electron chi connectivity index (χ3n) is 5.56. The Labute approximate surface area is 185 Å². The summed E-state index contributed by atoms with van der Waals surface area (Å²) < 4.78 is 40.8. The molecule has 1 fully saturated rings. The maximum Gasteiger partial charge on any atom is 0.224 e. The first-order valence-corrected chi connectivity index (χ1v) is 10.4. The summed E-state index contributed by atoms with van der Waals surface area (Å²) >= 11 is 0. The number of rotatable bonds is 4. The molecular formula is C24H27F2N3O3. The van der Waals surface area contributed by atoms with Crippen LogP contribution >= 0.6 is 0 Å². The molecule has 0 unspecified atom stereocenters. The Kier molecular flexibility index (Phi) is 5.33. The highest BCUT2D eigenvalue weighted by Crippen LogP contribution is 2.46. The number of nitrogens with zero attached hydrogens (tertiary/aromatic N) is 3. The predicted molar refractivity (Wildman–Crippen MR) is 116 cm³/mol. The van der Waals surface area contributed by atoms with Crippen LogP contribution in [0.15, 0.2) is 42.7 Å². The predicted octanol–water partition coefficient (Wildman–Crippen LogP) is 4.78. The van der Waals surface area contributed by atoms with Gasteiger partial charge in [0.25, 0.3) is 0 Å². The van der Waals surface area contributed by atoms with E-state index in [1.165, 1.54) is 13.2 Å². The molecule has 0 amide bonds. The van der Waals surface area contributed by atoms with E-state index in [9.17, 15) is 13.9 Å². The van der Waals surface area contributed by atoms with Gasteiger partial charge in [0, 0.05) is 31.3 Å². The van der Waals surface area contributed by atoms with Gasteiger partial charge in [0.1, 0.15) is 11.4 Å². The Morgan fingerprint density at radius 1 is 1.06 bits per heavy atom. The molecule has 1 aliphatic heterocycles. The molecule has 0 saturated carbocycles.